The Kier molecular flexibility index (Phi) is 9.49. The van der Waals surface area contributed by atoms with Crippen LogP contribution in [-0.2, 0) is 22.4 Å². The molecule has 0 bridgehead atoms. The van der Waals surface area contributed by atoms with Crippen molar-refractivity contribution in [1.29, 1.82) is 0 Å². The highest BCUT2D eigenvalue weighted by Gasteiger charge is 2.31. The van der Waals surface area contributed by atoms with Gasteiger partial charge in [-0.3, -0.25) is 4.79 Å². The number of esters is 1. The standard InChI is InChI=1S/C28H37NO4/c1-21(7-6-10-22-8-4-3-5-9-22)26(30)17-15-25-16-18-27(31)29(25)20-19-23-11-13-24(14-12-23)28(32)33-2/h3-5,8-9,11-14,21,25-26,30H,6-7,10,15-20H2,1-2H3/t21-,25-,26+/m0/s1. The van der Waals surface area contributed by atoms with E-state index in [9.17, 15) is 14.7 Å². The van der Waals surface area contributed by atoms with Gasteiger partial charge in [0.15, 0.2) is 0 Å². The van der Waals surface area contributed by atoms with E-state index in [-0.39, 0.29) is 29.9 Å². The minimum absolute atomic E-state index is 0.205. The number of carbonyl (C=O) groups excluding carboxylic acids is 2. The number of aliphatic hydroxyl groups is 1. The minimum Gasteiger partial charge on any atom is -0.465 e. The number of rotatable bonds is 12. The summed E-state index contributed by atoms with van der Waals surface area (Å²) in [6, 6.07) is 18.1. The molecule has 178 valence electrons. The third kappa shape index (κ3) is 7.43. The molecule has 33 heavy (non-hydrogen) atoms. The van der Waals surface area contributed by atoms with Crippen LogP contribution in [0.1, 0.15) is 66.9 Å². The molecular weight excluding hydrogens is 414 g/mol. The van der Waals surface area contributed by atoms with E-state index in [0.717, 1.165) is 50.5 Å². The summed E-state index contributed by atoms with van der Waals surface area (Å²) in [5, 5.41) is 10.7. The molecule has 1 aliphatic rings. The molecular formula is C28H37NO4. The average molecular weight is 452 g/mol. The van der Waals surface area contributed by atoms with E-state index in [2.05, 4.69) is 31.2 Å². The molecule has 0 radical (unpaired) electrons. The van der Waals surface area contributed by atoms with Crippen molar-refractivity contribution in [2.24, 2.45) is 5.92 Å². The van der Waals surface area contributed by atoms with Gasteiger partial charge in [-0.2, -0.15) is 0 Å². The fourth-order valence-electron chi connectivity index (χ4n) is 4.69. The Morgan fingerprint density at radius 1 is 1.06 bits per heavy atom. The zero-order chi connectivity index (χ0) is 23.6. The second-order valence-electron chi connectivity index (χ2n) is 9.22. The Hall–Kier alpha value is -2.66. The quantitative estimate of drug-likeness (QED) is 0.471. The molecule has 3 atom stereocenters. The molecule has 1 amide bonds. The second kappa shape index (κ2) is 12.5. The highest BCUT2D eigenvalue weighted by atomic mass is 16.5. The summed E-state index contributed by atoms with van der Waals surface area (Å²) in [5.74, 6) is 0.119. The first-order chi connectivity index (χ1) is 16.0. The first-order valence-corrected chi connectivity index (χ1v) is 12.2. The van der Waals surface area contributed by atoms with Crippen LogP contribution in [0, 0.1) is 5.92 Å². The number of methoxy groups -OCH3 is 1. The summed E-state index contributed by atoms with van der Waals surface area (Å²) in [5.41, 5.74) is 2.97. The van der Waals surface area contributed by atoms with Crippen molar-refractivity contribution in [3.63, 3.8) is 0 Å². The first kappa shape index (κ1) is 25.0. The zero-order valence-corrected chi connectivity index (χ0v) is 19.9. The molecule has 0 saturated carbocycles. The van der Waals surface area contributed by atoms with Gasteiger partial charge in [-0.05, 0) is 74.1 Å². The van der Waals surface area contributed by atoms with Crippen LogP contribution in [0.4, 0.5) is 0 Å². The maximum absolute atomic E-state index is 12.4. The van der Waals surface area contributed by atoms with Gasteiger partial charge in [0.2, 0.25) is 5.91 Å². The topological polar surface area (TPSA) is 66.8 Å². The van der Waals surface area contributed by atoms with E-state index in [1.807, 2.05) is 23.1 Å². The zero-order valence-electron chi connectivity index (χ0n) is 19.9. The molecule has 2 aromatic rings. The maximum atomic E-state index is 12.4. The molecule has 1 N–H and O–H groups in total. The Morgan fingerprint density at radius 3 is 2.45 bits per heavy atom. The smallest absolute Gasteiger partial charge is 0.337 e. The van der Waals surface area contributed by atoms with Crippen LogP contribution in [0.2, 0.25) is 0 Å². The number of amides is 1. The molecule has 3 rings (SSSR count). The van der Waals surface area contributed by atoms with Crippen LogP contribution < -0.4 is 0 Å². The molecule has 5 nitrogen and oxygen atoms in total. The van der Waals surface area contributed by atoms with E-state index in [1.54, 1.807) is 12.1 Å². The number of likely N-dealkylation sites (tertiary alicyclic amines) is 1. The van der Waals surface area contributed by atoms with Gasteiger partial charge >= 0.3 is 5.97 Å². The summed E-state index contributed by atoms with van der Waals surface area (Å²) in [7, 11) is 1.37. The largest absolute Gasteiger partial charge is 0.465 e. The number of hydrogen-bond donors (Lipinski definition) is 1. The van der Waals surface area contributed by atoms with Gasteiger partial charge in [0.1, 0.15) is 0 Å². The van der Waals surface area contributed by atoms with Crippen molar-refractivity contribution in [3.8, 4) is 0 Å². The van der Waals surface area contributed by atoms with E-state index in [4.69, 9.17) is 4.74 Å². The fourth-order valence-corrected chi connectivity index (χ4v) is 4.69. The Balaban J connectivity index is 1.41. The van der Waals surface area contributed by atoms with Crippen molar-refractivity contribution in [3.05, 3.63) is 71.3 Å². The number of aryl methyl sites for hydroxylation is 1. The number of hydrogen-bond acceptors (Lipinski definition) is 4. The Labute approximate surface area is 197 Å². The summed E-state index contributed by atoms with van der Waals surface area (Å²) in [6.45, 7) is 2.80. The van der Waals surface area contributed by atoms with Crippen molar-refractivity contribution < 1.29 is 19.4 Å². The Bertz CT molecular complexity index is 881. The number of benzene rings is 2. The highest BCUT2D eigenvalue weighted by molar-refractivity contribution is 5.89. The number of aliphatic hydroxyl groups excluding tert-OH is 1. The van der Waals surface area contributed by atoms with Crippen molar-refractivity contribution in [1.82, 2.24) is 4.90 Å². The van der Waals surface area contributed by atoms with Crippen molar-refractivity contribution in [2.45, 2.75) is 70.4 Å². The third-order valence-corrected chi connectivity index (χ3v) is 6.89. The number of ether oxygens (including phenoxy) is 1. The minimum atomic E-state index is -0.343. The monoisotopic (exact) mass is 451 g/mol. The average Bonchev–Trinajstić information content (AvgIpc) is 3.20. The van der Waals surface area contributed by atoms with Gasteiger partial charge in [0.05, 0.1) is 18.8 Å². The van der Waals surface area contributed by atoms with E-state index >= 15 is 0 Å². The lowest BCUT2D eigenvalue weighted by atomic mass is 9.92. The van der Waals surface area contributed by atoms with E-state index in [1.165, 1.54) is 12.7 Å². The van der Waals surface area contributed by atoms with Crippen LogP contribution in [-0.4, -0.2) is 47.7 Å². The maximum Gasteiger partial charge on any atom is 0.337 e. The highest BCUT2D eigenvalue weighted by Crippen LogP contribution is 2.26. The Morgan fingerprint density at radius 2 is 1.76 bits per heavy atom. The molecule has 5 heteroatoms. The van der Waals surface area contributed by atoms with Crippen LogP contribution in [0.15, 0.2) is 54.6 Å². The molecule has 0 spiro atoms. The lowest BCUT2D eigenvalue weighted by Gasteiger charge is -2.27. The first-order valence-electron chi connectivity index (χ1n) is 12.2. The van der Waals surface area contributed by atoms with Gasteiger partial charge in [-0.1, -0.05) is 49.4 Å². The molecule has 0 aromatic heterocycles. The molecule has 1 heterocycles. The predicted octanol–water partition coefficient (Wildman–Crippen LogP) is 4.81. The lowest BCUT2D eigenvalue weighted by molar-refractivity contribution is -0.129. The normalized spacial score (nSPS) is 17.7. The van der Waals surface area contributed by atoms with Gasteiger partial charge in [0.25, 0.3) is 0 Å². The predicted molar refractivity (Wildman–Crippen MR) is 130 cm³/mol. The van der Waals surface area contributed by atoms with Gasteiger partial charge < -0.3 is 14.7 Å². The molecule has 1 aliphatic heterocycles. The van der Waals surface area contributed by atoms with Crippen molar-refractivity contribution >= 4 is 11.9 Å². The van der Waals surface area contributed by atoms with E-state index in [0.29, 0.717) is 18.5 Å². The van der Waals surface area contributed by atoms with E-state index < -0.39 is 0 Å². The fraction of sp³-hybridized carbons (Fsp3) is 0.500. The number of nitrogens with zero attached hydrogens (tertiary/aromatic N) is 1. The lowest BCUT2D eigenvalue weighted by Crippen LogP contribution is -2.35. The molecule has 1 saturated heterocycles. The van der Waals surface area contributed by atoms with Crippen LogP contribution in [0.25, 0.3) is 0 Å². The number of carbonyl (C=O) groups is 2. The molecule has 2 aromatic carbocycles. The molecule has 1 fully saturated rings. The third-order valence-electron chi connectivity index (χ3n) is 6.89. The van der Waals surface area contributed by atoms with Crippen molar-refractivity contribution in [2.75, 3.05) is 13.7 Å². The van der Waals surface area contributed by atoms with Crippen LogP contribution in [0.3, 0.4) is 0 Å². The van der Waals surface area contributed by atoms with Gasteiger partial charge in [0, 0.05) is 19.0 Å². The second-order valence-corrected chi connectivity index (χ2v) is 9.22. The summed E-state index contributed by atoms with van der Waals surface area (Å²) in [6.07, 6.45) is 6.58. The molecule has 0 unspecified atom stereocenters. The summed E-state index contributed by atoms with van der Waals surface area (Å²) < 4.78 is 4.74. The summed E-state index contributed by atoms with van der Waals surface area (Å²) in [4.78, 5) is 26.0. The van der Waals surface area contributed by atoms with Crippen LogP contribution >= 0.6 is 0 Å². The summed E-state index contributed by atoms with van der Waals surface area (Å²) >= 11 is 0. The van der Waals surface area contributed by atoms with Gasteiger partial charge in [-0.15, -0.1) is 0 Å². The van der Waals surface area contributed by atoms with Gasteiger partial charge in [-0.25, -0.2) is 4.79 Å². The van der Waals surface area contributed by atoms with Crippen LogP contribution in [0.5, 0.6) is 0 Å². The molecule has 0 aliphatic carbocycles. The SMILES string of the molecule is COC(=O)c1ccc(CCN2C(=O)CC[C@@H]2CC[C@@H](O)[C@@H](C)CCCc2ccccc2)cc1.